The summed E-state index contributed by atoms with van der Waals surface area (Å²) in [6, 6.07) is 10.8. The number of carbonyl (C=O) groups excluding carboxylic acids is 1. The first kappa shape index (κ1) is 18.3. The van der Waals surface area contributed by atoms with Crippen LogP contribution >= 0.6 is 23.2 Å². The number of aryl methyl sites for hydroxylation is 1. The Kier molecular flexibility index (Phi) is 5.49. The van der Waals surface area contributed by atoms with Gasteiger partial charge in [0.05, 0.1) is 24.8 Å². The average Bonchev–Trinajstić information content (AvgIpc) is 2.91. The molecule has 1 heterocycles. The highest BCUT2D eigenvalue weighted by atomic mass is 35.5. The quantitative estimate of drug-likeness (QED) is 0.498. The number of carbonyl (C=O) groups is 1. The summed E-state index contributed by atoms with van der Waals surface area (Å²) in [5.74, 6) is 0.520. The van der Waals surface area contributed by atoms with Crippen molar-refractivity contribution in [1.29, 1.82) is 0 Å². The summed E-state index contributed by atoms with van der Waals surface area (Å²) in [4.78, 5) is 15.5. The van der Waals surface area contributed by atoms with Gasteiger partial charge in [0.15, 0.2) is 0 Å². The lowest BCUT2D eigenvalue weighted by molar-refractivity contribution is -0.120. The molecule has 2 aromatic carbocycles. The zero-order valence-corrected chi connectivity index (χ0v) is 15.8. The highest BCUT2D eigenvalue weighted by Crippen LogP contribution is 2.26. The number of hydrogen-bond acceptors (Lipinski definition) is 3. The molecule has 1 aromatic heterocycles. The SMILES string of the molecule is COc1ccc2[nH]c(C)c(CC(=O)NN=Cc3ccc(Cl)cc3Cl)c2c1. The van der Waals surface area contributed by atoms with Gasteiger partial charge in [0.25, 0.3) is 0 Å². The minimum absolute atomic E-state index is 0.199. The van der Waals surface area contributed by atoms with Crippen molar-refractivity contribution in [2.45, 2.75) is 13.3 Å². The summed E-state index contributed by atoms with van der Waals surface area (Å²) in [7, 11) is 1.61. The first-order chi connectivity index (χ1) is 12.5. The largest absolute Gasteiger partial charge is 0.497 e. The molecule has 0 fully saturated rings. The van der Waals surface area contributed by atoms with Crippen LogP contribution in [0.5, 0.6) is 5.75 Å². The van der Waals surface area contributed by atoms with E-state index in [0.717, 1.165) is 27.9 Å². The number of benzene rings is 2. The molecule has 26 heavy (non-hydrogen) atoms. The zero-order chi connectivity index (χ0) is 18.7. The molecule has 0 bridgehead atoms. The number of nitrogens with one attached hydrogen (secondary N) is 2. The first-order valence-corrected chi connectivity index (χ1v) is 8.65. The highest BCUT2D eigenvalue weighted by Gasteiger charge is 2.13. The summed E-state index contributed by atoms with van der Waals surface area (Å²) in [6.45, 7) is 1.94. The normalized spacial score (nSPS) is 11.2. The Morgan fingerprint density at radius 3 is 2.81 bits per heavy atom. The molecule has 0 atom stereocenters. The molecule has 5 nitrogen and oxygen atoms in total. The molecule has 0 saturated carbocycles. The topological polar surface area (TPSA) is 66.5 Å². The third-order valence-corrected chi connectivity index (χ3v) is 4.58. The Labute approximate surface area is 161 Å². The van der Waals surface area contributed by atoms with E-state index in [4.69, 9.17) is 27.9 Å². The van der Waals surface area contributed by atoms with E-state index in [0.29, 0.717) is 15.6 Å². The maximum atomic E-state index is 12.3. The minimum atomic E-state index is -0.224. The number of fused-ring (bicyclic) bond motifs is 1. The Bertz CT molecular complexity index is 996. The van der Waals surface area contributed by atoms with Crippen molar-refractivity contribution in [3.05, 3.63) is 63.3 Å². The van der Waals surface area contributed by atoms with E-state index in [-0.39, 0.29) is 12.3 Å². The van der Waals surface area contributed by atoms with Crippen molar-refractivity contribution in [1.82, 2.24) is 10.4 Å². The summed E-state index contributed by atoms with van der Waals surface area (Å²) in [6.07, 6.45) is 1.69. The van der Waals surface area contributed by atoms with Crippen molar-refractivity contribution < 1.29 is 9.53 Å². The van der Waals surface area contributed by atoms with Gasteiger partial charge < -0.3 is 9.72 Å². The second kappa shape index (κ2) is 7.81. The van der Waals surface area contributed by atoms with Gasteiger partial charge in [-0.1, -0.05) is 29.3 Å². The van der Waals surface area contributed by atoms with Crippen molar-refractivity contribution in [3.63, 3.8) is 0 Å². The first-order valence-electron chi connectivity index (χ1n) is 7.90. The van der Waals surface area contributed by atoms with Gasteiger partial charge in [-0.3, -0.25) is 4.79 Å². The molecular weight excluding hydrogens is 373 g/mol. The van der Waals surface area contributed by atoms with Crippen molar-refractivity contribution in [2.24, 2.45) is 5.10 Å². The molecular formula is C19H17Cl2N3O2. The Morgan fingerprint density at radius 1 is 1.27 bits per heavy atom. The number of halogens is 2. The van der Waals surface area contributed by atoms with E-state index in [1.165, 1.54) is 6.21 Å². The molecule has 1 amide bonds. The predicted octanol–water partition coefficient (Wildman–Crippen LogP) is 4.48. The molecule has 134 valence electrons. The van der Waals surface area contributed by atoms with Crippen LogP contribution < -0.4 is 10.2 Å². The van der Waals surface area contributed by atoms with Crippen molar-refractivity contribution >= 4 is 46.2 Å². The van der Waals surface area contributed by atoms with Gasteiger partial charge in [-0.25, -0.2) is 5.43 Å². The second-order valence-electron chi connectivity index (χ2n) is 5.78. The van der Waals surface area contributed by atoms with Crippen LogP contribution in [0.2, 0.25) is 10.0 Å². The average molecular weight is 390 g/mol. The third kappa shape index (κ3) is 4.00. The summed E-state index contributed by atoms with van der Waals surface area (Å²) >= 11 is 11.9. The van der Waals surface area contributed by atoms with Gasteiger partial charge in [-0.05, 0) is 42.8 Å². The molecule has 0 aliphatic heterocycles. The van der Waals surface area contributed by atoms with Crippen LogP contribution in [-0.4, -0.2) is 24.2 Å². The van der Waals surface area contributed by atoms with Crippen molar-refractivity contribution in [3.8, 4) is 5.75 Å². The van der Waals surface area contributed by atoms with Crippen LogP contribution in [0.25, 0.3) is 10.9 Å². The molecule has 0 unspecified atom stereocenters. The molecule has 2 N–H and O–H groups in total. The van der Waals surface area contributed by atoms with E-state index in [2.05, 4.69) is 15.5 Å². The van der Waals surface area contributed by atoms with Gasteiger partial charge in [0.2, 0.25) is 5.91 Å². The van der Waals surface area contributed by atoms with Gasteiger partial charge >= 0.3 is 0 Å². The molecule has 0 spiro atoms. The highest BCUT2D eigenvalue weighted by molar-refractivity contribution is 6.36. The Morgan fingerprint density at radius 2 is 2.08 bits per heavy atom. The summed E-state index contributed by atoms with van der Waals surface area (Å²) < 4.78 is 5.27. The Hall–Kier alpha value is -2.50. The number of nitrogens with zero attached hydrogens (tertiary/aromatic N) is 1. The zero-order valence-electron chi connectivity index (χ0n) is 14.3. The standard InChI is InChI=1S/C19H17Cl2N3O2/c1-11-15(16-8-14(26-2)5-6-18(16)23-11)9-19(25)24-22-10-12-3-4-13(20)7-17(12)21/h3-8,10,23H,9H2,1-2H3,(H,24,25). The van der Waals surface area contributed by atoms with Gasteiger partial charge in [0.1, 0.15) is 5.75 Å². The van der Waals surface area contributed by atoms with Crippen molar-refractivity contribution in [2.75, 3.05) is 7.11 Å². The molecule has 7 heteroatoms. The fraction of sp³-hybridized carbons (Fsp3) is 0.158. The van der Waals surface area contributed by atoms with Gasteiger partial charge in [0, 0.05) is 27.2 Å². The van der Waals surface area contributed by atoms with Crippen LogP contribution in [0.15, 0.2) is 41.5 Å². The van der Waals surface area contributed by atoms with E-state index >= 15 is 0 Å². The number of aromatic amines is 1. The number of hydrazone groups is 1. The smallest absolute Gasteiger partial charge is 0.244 e. The minimum Gasteiger partial charge on any atom is -0.497 e. The second-order valence-corrected chi connectivity index (χ2v) is 6.62. The van der Waals surface area contributed by atoms with Gasteiger partial charge in [-0.2, -0.15) is 5.10 Å². The number of rotatable bonds is 5. The van der Waals surface area contributed by atoms with E-state index < -0.39 is 0 Å². The van der Waals surface area contributed by atoms with Crippen LogP contribution in [0, 0.1) is 6.92 Å². The van der Waals surface area contributed by atoms with Crippen LogP contribution in [0.1, 0.15) is 16.8 Å². The number of H-pyrrole nitrogens is 1. The monoisotopic (exact) mass is 389 g/mol. The van der Waals surface area contributed by atoms with E-state index in [1.54, 1.807) is 25.3 Å². The molecule has 3 rings (SSSR count). The molecule has 3 aromatic rings. The Balaban J connectivity index is 1.73. The predicted molar refractivity (Wildman–Crippen MR) is 105 cm³/mol. The molecule has 0 aliphatic rings. The fourth-order valence-electron chi connectivity index (χ4n) is 2.70. The van der Waals surface area contributed by atoms with E-state index in [1.807, 2.05) is 25.1 Å². The number of ether oxygens (including phenoxy) is 1. The van der Waals surface area contributed by atoms with E-state index in [9.17, 15) is 4.79 Å². The lowest BCUT2D eigenvalue weighted by Gasteiger charge is -2.03. The maximum absolute atomic E-state index is 12.3. The lowest BCUT2D eigenvalue weighted by atomic mass is 10.1. The summed E-state index contributed by atoms with van der Waals surface area (Å²) in [5.41, 5.74) is 6.01. The van der Waals surface area contributed by atoms with Crippen LogP contribution in [-0.2, 0) is 11.2 Å². The molecule has 0 aliphatic carbocycles. The number of methoxy groups -OCH3 is 1. The van der Waals surface area contributed by atoms with Crippen LogP contribution in [0.3, 0.4) is 0 Å². The number of hydrogen-bond donors (Lipinski definition) is 2. The summed E-state index contributed by atoms with van der Waals surface area (Å²) in [5, 5.41) is 5.94. The molecule has 0 radical (unpaired) electrons. The van der Waals surface area contributed by atoms with Gasteiger partial charge in [-0.15, -0.1) is 0 Å². The molecule has 0 saturated heterocycles. The fourth-order valence-corrected chi connectivity index (χ4v) is 3.15. The number of amides is 1. The lowest BCUT2D eigenvalue weighted by Crippen LogP contribution is -2.20. The third-order valence-electron chi connectivity index (χ3n) is 4.02. The maximum Gasteiger partial charge on any atom is 0.244 e. The van der Waals surface area contributed by atoms with Crippen LogP contribution in [0.4, 0.5) is 0 Å². The number of aromatic nitrogens is 1.